The van der Waals surface area contributed by atoms with Gasteiger partial charge in [0.1, 0.15) is 0 Å². The van der Waals surface area contributed by atoms with E-state index in [4.69, 9.17) is 0 Å². The highest BCUT2D eigenvalue weighted by Gasteiger charge is 2.36. The molecule has 5 heteroatoms. The van der Waals surface area contributed by atoms with Crippen LogP contribution in [0, 0.1) is 6.92 Å². The topological polar surface area (TPSA) is 37.4 Å². The highest BCUT2D eigenvalue weighted by Crippen LogP contribution is 2.37. The number of rotatable bonds is 3. The Kier molecular flexibility index (Phi) is 4.39. The lowest BCUT2D eigenvalue weighted by atomic mass is 10.0. The van der Waals surface area contributed by atoms with Gasteiger partial charge in [0.2, 0.25) is 10.0 Å². The minimum Gasteiger partial charge on any atom is -0.207 e. The van der Waals surface area contributed by atoms with Crippen LogP contribution in [0.3, 0.4) is 0 Å². The predicted octanol–water partition coefficient (Wildman–Crippen LogP) is 4.28. The van der Waals surface area contributed by atoms with Crippen LogP contribution >= 0.6 is 15.9 Å². The van der Waals surface area contributed by atoms with Gasteiger partial charge in [0.05, 0.1) is 10.9 Å². The molecular weight excluding hydrogens is 362 g/mol. The van der Waals surface area contributed by atoms with Gasteiger partial charge in [-0.3, -0.25) is 0 Å². The van der Waals surface area contributed by atoms with Gasteiger partial charge in [0.25, 0.3) is 0 Å². The summed E-state index contributed by atoms with van der Waals surface area (Å²) in [4.78, 5) is 0.358. The van der Waals surface area contributed by atoms with Gasteiger partial charge in [-0.15, -0.1) is 0 Å². The molecule has 1 atom stereocenters. The molecule has 0 aromatic heterocycles. The number of hydrogen-bond donors (Lipinski definition) is 0. The molecular formula is C17H18BrNO2S. The summed E-state index contributed by atoms with van der Waals surface area (Å²) in [5.41, 5.74) is 2.26. The molecule has 0 bridgehead atoms. The van der Waals surface area contributed by atoms with Crippen LogP contribution in [-0.2, 0) is 10.0 Å². The van der Waals surface area contributed by atoms with Crippen molar-refractivity contribution in [3.8, 4) is 0 Å². The first kappa shape index (κ1) is 15.7. The van der Waals surface area contributed by atoms with Crippen molar-refractivity contribution in [2.24, 2.45) is 0 Å². The number of halogens is 1. The first-order chi connectivity index (χ1) is 10.5. The fraction of sp³-hybridized carbons (Fsp3) is 0.294. The first-order valence-corrected chi connectivity index (χ1v) is 9.56. The van der Waals surface area contributed by atoms with Crippen molar-refractivity contribution in [3.05, 3.63) is 64.1 Å². The fourth-order valence-corrected chi connectivity index (χ4v) is 4.98. The second-order valence-electron chi connectivity index (χ2n) is 5.58. The largest absolute Gasteiger partial charge is 0.243 e. The van der Waals surface area contributed by atoms with E-state index in [0.717, 1.165) is 28.4 Å². The number of nitrogens with zero attached hydrogens (tertiary/aromatic N) is 1. The van der Waals surface area contributed by atoms with Crippen molar-refractivity contribution in [2.45, 2.75) is 30.7 Å². The number of sulfonamides is 1. The second-order valence-corrected chi connectivity index (χ2v) is 8.39. The molecule has 116 valence electrons. The van der Waals surface area contributed by atoms with Crippen LogP contribution in [0.5, 0.6) is 0 Å². The molecule has 1 heterocycles. The van der Waals surface area contributed by atoms with Gasteiger partial charge < -0.3 is 0 Å². The Bertz CT molecular complexity index is 772. The predicted molar refractivity (Wildman–Crippen MR) is 91.2 cm³/mol. The molecule has 1 fully saturated rings. The summed E-state index contributed by atoms with van der Waals surface area (Å²) in [5.74, 6) is 0. The molecule has 0 N–H and O–H groups in total. The molecule has 3 rings (SSSR count). The number of aryl methyl sites for hydroxylation is 1. The Balaban J connectivity index is 1.99. The van der Waals surface area contributed by atoms with E-state index in [1.165, 1.54) is 0 Å². The molecule has 0 unspecified atom stereocenters. The SMILES string of the molecule is Cc1ccccc1[C@@H]1CCCN1S(=O)(=O)c1ccc(Br)cc1. The summed E-state index contributed by atoms with van der Waals surface area (Å²) in [7, 11) is -3.46. The molecule has 2 aromatic carbocycles. The summed E-state index contributed by atoms with van der Waals surface area (Å²) in [6.07, 6.45) is 1.77. The zero-order chi connectivity index (χ0) is 15.7. The van der Waals surface area contributed by atoms with Crippen molar-refractivity contribution in [2.75, 3.05) is 6.54 Å². The fourth-order valence-electron chi connectivity index (χ4n) is 3.04. The van der Waals surface area contributed by atoms with Crippen LogP contribution in [0.25, 0.3) is 0 Å². The van der Waals surface area contributed by atoms with Crippen molar-refractivity contribution in [1.82, 2.24) is 4.31 Å². The number of hydrogen-bond acceptors (Lipinski definition) is 2. The maximum Gasteiger partial charge on any atom is 0.243 e. The van der Waals surface area contributed by atoms with Gasteiger partial charge >= 0.3 is 0 Å². The van der Waals surface area contributed by atoms with Gasteiger partial charge in [-0.1, -0.05) is 40.2 Å². The molecule has 1 aliphatic rings. The van der Waals surface area contributed by atoms with E-state index in [1.54, 1.807) is 28.6 Å². The monoisotopic (exact) mass is 379 g/mol. The third kappa shape index (κ3) is 2.85. The Hall–Kier alpha value is -1.17. The van der Waals surface area contributed by atoms with E-state index in [-0.39, 0.29) is 6.04 Å². The third-order valence-electron chi connectivity index (χ3n) is 4.17. The van der Waals surface area contributed by atoms with Crippen LogP contribution < -0.4 is 0 Å². The second kappa shape index (κ2) is 6.14. The molecule has 0 aliphatic carbocycles. The average Bonchev–Trinajstić information content (AvgIpc) is 2.98. The van der Waals surface area contributed by atoms with Gasteiger partial charge in [-0.2, -0.15) is 4.31 Å². The quantitative estimate of drug-likeness (QED) is 0.797. The van der Waals surface area contributed by atoms with Crippen LogP contribution in [-0.4, -0.2) is 19.3 Å². The molecule has 3 nitrogen and oxygen atoms in total. The molecule has 0 amide bonds. The van der Waals surface area contributed by atoms with Gasteiger partial charge in [0.15, 0.2) is 0 Å². The molecule has 0 saturated carbocycles. The van der Waals surface area contributed by atoms with Crippen molar-refractivity contribution in [3.63, 3.8) is 0 Å². The molecule has 0 spiro atoms. The Morgan fingerprint density at radius 1 is 1.09 bits per heavy atom. The van der Waals surface area contributed by atoms with E-state index in [2.05, 4.69) is 15.9 Å². The maximum atomic E-state index is 13.0. The summed E-state index contributed by atoms with van der Waals surface area (Å²) in [6, 6.07) is 14.8. The Morgan fingerprint density at radius 2 is 1.77 bits per heavy atom. The minimum absolute atomic E-state index is 0.0603. The normalized spacial score (nSPS) is 19.5. The smallest absolute Gasteiger partial charge is 0.207 e. The van der Waals surface area contributed by atoms with Crippen LogP contribution in [0.15, 0.2) is 57.9 Å². The third-order valence-corrected chi connectivity index (χ3v) is 6.62. The van der Waals surface area contributed by atoms with Gasteiger partial charge in [-0.25, -0.2) is 8.42 Å². The standard InChI is InChI=1S/C17H18BrNO2S/c1-13-5-2-3-6-16(13)17-7-4-12-19(17)22(20,21)15-10-8-14(18)9-11-15/h2-3,5-6,8-11,17H,4,7,12H2,1H3/t17-/m0/s1. The first-order valence-electron chi connectivity index (χ1n) is 7.33. The lowest BCUT2D eigenvalue weighted by Crippen LogP contribution is -2.31. The van der Waals surface area contributed by atoms with E-state index in [1.807, 2.05) is 31.2 Å². The Morgan fingerprint density at radius 3 is 2.45 bits per heavy atom. The summed E-state index contributed by atoms with van der Waals surface area (Å²) in [5, 5.41) is 0. The number of benzene rings is 2. The van der Waals surface area contributed by atoms with E-state index >= 15 is 0 Å². The highest BCUT2D eigenvalue weighted by atomic mass is 79.9. The zero-order valence-electron chi connectivity index (χ0n) is 12.4. The van der Waals surface area contributed by atoms with E-state index < -0.39 is 10.0 Å². The molecule has 1 aliphatic heterocycles. The maximum absolute atomic E-state index is 13.0. The van der Waals surface area contributed by atoms with Gasteiger partial charge in [0, 0.05) is 11.0 Å². The minimum atomic E-state index is -3.46. The van der Waals surface area contributed by atoms with Crippen molar-refractivity contribution >= 4 is 26.0 Å². The Labute approximate surface area is 140 Å². The summed E-state index contributed by atoms with van der Waals surface area (Å²) < 4.78 is 28.4. The van der Waals surface area contributed by atoms with E-state index in [0.29, 0.717) is 11.4 Å². The average molecular weight is 380 g/mol. The summed E-state index contributed by atoms with van der Waals surface area (Å²) in [6.45, 7) is 2.62. The van der Waals surface area contributed by atoms with Crippen molar-refractivity contribution < 1.29 is 8.42 Å². The van der Waals surface area contributed by atoms with Crippen molar-refractivity contribution in [1.29, 1.82) is 0 Å². The van der Waals surface area contributed by atoms with Gasteiger partial charge in [-0.05, 0) is 55.2 Å². The molecule has 22 heavy (non-hydrogen) atoms. The van der Waals surface area contributed by atoms with Crippen LogP contribution in [0.4, 0.5) is 0 Å². The highest BCUT2D eigenvalue weighted by molar-refractivity contribution is 9.10. The van der Waals surface area contributed by atoms with E-state index in [9.17, 15) is 8.42 Å². The lowest BCUT2D eigenvalue weighted by Gasteiger charge is -2.25. The summed E-state index contributed by atoms with van der Waals surface area (Å²) >= 11 is 3.35. The zero-order valence-corrected chi connectivity index (χ0v) is 14.8. The molecule has 2 aromatic rings. The molecule has 1 saturated heterocycles. The molecule has 0 radical (unpaired) electrons. The lowest BCUT2D eigenvalue weighted by molar-refractivity contribution is 0.395. The van der Waals surface area contributed by atoms with Crippen LogP contribution in [0.2, 0.25) is 0 Å². The van der Waals surface area contributed by atoms with Crippen LogP contribution in [0.1, 0.15) is 30.0 Å².